The summed E-state index contributed by atoms with van der Waals surface area (Å²) in [6.45, 7) is 1.26. The number of rotatable bonds is 5. The summed E-state index contributed by atoms with van der Waals surface area (Å²) in [7, 11) is 5.11. The predicted octanol–water partition coefficient (Wildman–Crippen LogP) is 0.160. The van der Waals surface area contributed by atoms with Crippen LogP contribution in [-0.2, 0) is 4.74 Å². The first-order chi connectivity index (χ1) is 8.54. The number of aromatic nitrogens is 1. The normalized spacial score (nSPS) is 10.2. The van der Waals surface area contributed by atoms with Gasteiger partial charge in [-0.1, -0.05) is 6.07 Å². The molecule has 1 aromatic heterocycles. The van der Waals surface area contributed by atoms with E-state index < -0.39 is 5.97 Å². The molecule has 0 aliphatic carbocycles. The Bertz CT molecular complexity index is 432. The maximum Gasteiger partial charge on any atom is 0.356 e. The highest BCUT2D eigenvalue weighted by Gasteiger charge is 2.11. The molecular weight excluding hydrogens is 234 g/mol. The minimum atomic E-state index is -0.557. The van der Waals surface area contributed by atoms with Crippen molar-refractivity contribution < 1.29 is 14.3 Å². The number of methoxy groups -OCH3 is 1. The molecule has 0 saturated carbocycles. The van der Waals surface area contributed by atoms with E-state index in [1.54, 1.807) is 12.1 Å². The zero-order chi connectivity index (χ0) is 13.5. The average molecular weight is 251 g/mol. The molecule has 1 heterocycles. The Morgan fingerprint density at radius 1 is 1.33 bits per heavy atom. The lowest BCUT2D eigenvalue weighted by Gasteiger charge is -2.10. The first-order valence-electron chi connectivity index (χ1n) is 5.53. The molecule has 98 valence electrons. The summed E-state index contributed by atoms with van der Waals surface area (Å²) >= 11 is 0. The van der Waals surface area contributed by atoms with E-state index in [-0.39, 0.29) is 17.3 Å². The van der Waals surface area contributed by atoms with Crippen molar-refractivity contribution in [1.29, 1.82) is 0 Å². The van der Waals surface area contributed by atoms with Gasteiger partial charge in [-0.15, -0.1) is 0 Å². The summed E-state index contributed by atoms with van der Waals surface area (Å²) in [6, 6.07) is 4.65. The molecule has 1 aromatic rings. The second kappa shape index (κ2) is 6.70. The lowest BCUT2D eigenvalue weighted by Crippen LogP contribution is -2.32. The number of hydrogen-bond donors (Lipinski definition) is 1. The minimum Gasteiger partial charge on any atom is -0.464 e. The highest BCUT2D eigenvalue weighted by molar-refractivity contribution is 5.94. The number of nitrogens with zero attached hydrogens (tertiary/aromatic N) is 2. The summed E-state index contributed by atoms with van der Waals surface area (Å²) in [5.74, 6) is -0.861. The number of nitrogens with one attached hydrogen (secondary N) is 1. The van der Waals surface area contributed by atoms with Gasteiger partial charge in [-0.05, 0) is 26.2 Å². The fourth-order valence-electron chi connectivity index (χ4n) is 1.26. The van der Waals surface area contributed by atoms with Crippen LogP contribution in [0.5, 0.6) is 0 Å². The van der Waals surface area contributed by atoms with Gasteiger partial charge >= 0.3 is 5.97 Å². The van der Waals surface area contributed by atoms with Gasteiger partial charge in [0.1, 0.15) is 11.4 Å². The van der Waals surface area contributed by atoms with E-state index in [1.165, 1.54) is 13.2 Å². The minimum absolute atomic E-state index is 0.123. The van der Waals surface area contributed by atoms with Crippen LogP contribution in [0.2, 0.25) is 0 Å². The van der Waals surface area contributed by atoms with Crippen molar-refractivity contribution in [3.8, 4) is 0 Å². The number of pyridine rings is 1. The summed E-state index contributed by atoms with van der Waals surface area (Å²) < 4.78 is 4.54. The van der Waals surface area contributed by atoms with Crippen LogP contribution in [-0.4, -0.2) is 56.1 Å². The lowest BCUT2D eigenvalue weighted by molar-refractivity contribution is 0.0594. The van der Waals surface area contributed by atoms with Gasteiger partial charge < -0.3 is 15.0 Å². The molecule has 0 aliphatic rings. The number of likely N-dealkylation sites (N-methyl/N-ethyl adjacent to an activating group) is 1. The molecule has 0 saturated heterocycles. The largest absolute Gasteiger partial charge is 0.464 e. The van der Waals surface area contributed by atoms with E-state index >= 15 is 0 Å². The molecule has 0 bridgehead atoms. The van der Waals surface area contributed by atoms with Crippen LogP contribution in [0.25, 0.3) is 0 Å². The van der Waals surface area contributed by atoms with Gasteiger partial charge in [-0.3, -0.25) is 4.79 Å². The van der Waals surface area contributed by atoms with Crippen molar-refractivity contribution in [2.24, 2.45) is 0 Å². The molecular formula is C12H17N3O3. The van der Waals surface area contributed by atoms with E-state index in [4.69, 9.17) is 0 Å². The highest BCUT2D eigenvalue weighted by Crippen LogP contribution is 2.01. The summed E-state index contributed by atoms with van der Waals surface area (Å²) in [6.07, 6.45) is 0. The molecule has 0 radical (unpaired) electrons. The van der Waals surface area contributed by atoms with Gasteiger partial charge in [0.25, 0.3) is 5.91 Å². The second-order valence-electron chi connectivity index (χ2n) is 3.96. The molecule has 18 heavy (non-hydrogen) atoms. The zero-order valence-corrected chi connectivity index (χ0v) is 10.8. The Morgan fingerprint density at radius 3 is 2.61 bits per heavy atom. The molecule has 1 rings (SSSR count). The zero-order valence-electron chi connectivity index (χ0n) is 10.8. The Hall–Kier alpha value is -1.95. The van der Waals surface area contributed by atoms with Gasteiger partial charge in [0.2, 0.25) is 0 Å². The Labute approximate surface area is 106 Å². The van der Waals surface area contributed by atoms with Crippen molar-refractivity contribution in [3.05, 3.63) is 29.6 Å². The van der Waals surface area contributed by atoms with Crippen LogP contribution in [0, 0.1) is 0 Å². The molecule has 6 nitrogen and oxygen atoms in total. The maximum atomic E-state index is 11.7. The molecule has 6 heteroatoms. The molecule has 1 N–H and O–H groups in total. The summed E-state index contributed by atoms with van der Waals surface area (Å²) in [4.78, 5) is 28.9. The quantitative estimate of drug-likeness (QED) is 0.755. The fourth-order valence-corrected chi connectivity index (χ4v) is 1.26. The van der Waals surface area contributed by atoms with Gasteiger partial charge in [0.15, 0.2) is 0 Å². The number of amides is 1. The SMILES string of the molecule is COC(=O)c1cccc(C(=O)NCCN(C)C)n1. The number of carbonyl (C=O) groups excluding carboxylic acids is 2. The van der Waals surface area contributed by atoms with Crippen molar-refractivity contribution >= 4 is 11.9 Å². The third-order valence-corrected chi connectivity index (χ3v) is 2.22. The Morgan fingerprint density at radius 2 is 2.00 bits per heavy atom. The molecule has 0 spiro atoms. The highest BCUT2D eigenvalue weighted by atomic mass is 16.5. The fraction of sp³-hybridized carbons (Fsp3) is 0.417. The third kappa shape index (κ3) is 4.14. The molecule has 0 fully saturated rings. The average Bonchev–Trinajstić information content (AvgIpc) is 2.37. The second-order valence-corrected chi connectivity index (χ2v) is 3.96. The predicted molar refractivity (Wildman–Crippen MR) is 66.5 cm³/mol. The van der Waals surface area contributed by atoms with Crippen LogP contribution in [0.4, 0.5) is 0 Å². The van der Waals surface area contributed by atoms with E-state index in [1.807, 2.05) is 19.0 Å². The number of carbonyl (C=O) groups is 2. The van der Waals surface area contributed by atoms with Crippen LogP contribution in [0.3, 0.4) is 0 Å². The first kappa shape index (κ1) is 14.1. The third-order valence-electron chi connectivity index (χ3n) is 2.22. The molecule has 0 aliphatic heterocycles. The van der Waals surface area contributed by atoms with E-state index in [0.717, 1.165) is 6.54 Å². The standard InChI is InChI=1S/C12H17N3O3/c1-15(2)8-7-13-11(16)9-5-4-6-10(14-9)12(17)18-3/h4-6H,7-8H2,1-3H3,(H,13,16). The van der Waals surface area contributed by atoms with Crippen LogP contribution in [0.15, 0.2) is 18.2 Å². The van der Waals surface area contributed by atoms with Gasteiger partial charge in [0.05, 0.1) is 7.11 Å². The van der Waals surface area contributed by atoms with E-state index in [9.17, 15) is 9.59 Å². The first-order valence-corrected chi connectivity index (χ1v) is 5.53. The Kier molecular flexibility index (Phi) is 5.26. The van der Waals surface area contributed by atoms with Gasteiger partial charge in [0, 0.05) is 13.1 Å². The Balaban J connectivity index is 2.65. The van der Waals surface area contributed by atoms with Crippen LogP contribution < -0.4 is 5.32 Å². The van der Waals surface area contributed by atoms with E-state index in [2.05, 4.69) is 15.0 Å². The molecule has 0 unspecified atom stereocenters. The smallest absolute Gasteiger partial charge is 0.356 e. The lowest BCUT2D eigenvalue weighted by atomic mass is 10.3. The maximum absolute atomic E-state index is 11.7. The molecule has 0 aromatic carbocycles. The van der Waals surface area contributed by atoms with Crippen molar-refractivity contribution in [1.82, 2.24) is 15.2 Å². The molecule has 0 atom stereocenters. The van der Waals surface area contributed by atoms with Crippen molar-refractivity contribution in [2.75, 3.05) is 34.3 Å². The summed E-state index contributed by atoms with van der Waals surface area (Å²) in [5, 5.41) is 2.72. The summed E-state index contributed by atoms with van der Waals surface area (Å²) in [5.41, 5.74) is 0.328. The topological polar surface area (TPSA) is 71.5 Å². The number of ether oxygens (including phenoxy) is 1. The molecule has 1 amide bonds. The number of esters is 1. The van der Waals surface area contributed by atoms with E-state index in [0.29, 0.717) is 6.54 Å². The van der Waals surface area contributed by atoms with Crippen molar-refractivity contribution in [3.63, 3.8) is 0 Å². The van der Waals surface area contributed by atoms with Crippen molar-refractivity contribution in [2.45, 2.75) is 0 Å². The monoisotopic (exact) mass is 251 g/mol. The van der Waals surface area contributed by atoms with Gasteiger partial charge in [-0.25, -0.2) is 9.78 Å². The van der Waals surface area contributed by atoms with Gasteiger partial charge in [-0.2, -0.15) is 0 Å². The number of hydrogen-bond acceptors (Lipinski definition) is 5. The van der Waals surface area contributed by atoms with Crippen LogP contribution >= 0.6 is 0 Å². The van der Waals surface area contributed by atoms with Crippen LogP contribution in [0.1, 0.15) is 21.0 Å².